The van der Waals surface area contributed by atoms with Gasteiger partial charge in [-0.3, -0.25) is 9.69 Å². The fourth-order valence-corrected chi connectivity index (χ4v) is 4.79. The van der Waals surface area contributed by atoms with Gasteiger partial charge in [0, 0.05) is 37.1 Å². The molecule has 1 aromatic heterocycles. The van der Waals surface area contributed by atoms with Gasteiger partial charge < -0.3 is 4.90 Å². The summed E-state index contributed by atoms with van der Waals surface area (Å²) in [5.41, 5.74) is 1.40. The molecule has 0 aromatic carbocycles. The summed E-state index contributed by atoms with van der Waals surface area (Å²) in [6.45, 7) is 6.30. The SMILES string of the molecule is Cc1ccsc1CN1C[C@@H]2CC[C@H](C1)N(CC1CC1)C2=O. The zero-order chi connectivity index (χ0) is 14.4. The van der Waals surface area contributed by atoms with Crippen molar-refractivity contribution < 1.29 is 4.79 Å². The van der Waals surface area contributed by atoms with E-state index in [1.807, 2.05) is 11.3 Å². The molecule has 1 aromatic rings. The summed E-state index contributed by atoms with van der Waals surface area (Å²) in [6.07, 6.45) is 4.98. The normalized spacial score (nSPS) is 30.0. The molecule has 3 aliphatic heterocycles. The van der Waals surface area contributed by atoms with Crippen molar-refractivity contribution in [1.29, 1.82) is 0 Å². The molecule has 0 N–H and O–H groups in total. The van der Waals surface area contributed by atoms with Gasteiger partial charge in [0.15, 0.2) is 0 Å². The van der Waals surface area contributed by atoms with Crippen molar-refractivity contribution in [2.45, 2.75) is 45.2 Å². The lowest BCUT2D eigenvalue weighted by molar-refractivity contribution is -0.140. The van der Waals surface area contributed by atoms with Crippen LogP contribution in [0.25, 0.3) is 0 Å². The van der Waals surface area contributed by atoms with Gasteiger partial charge in [0.25, 0.3) is 0 Å². The molecule has 114 valence electrons. The Morgan fingerprint density at radius 3 is 2.81 bits per heavy atom. The van der Waals surface area contributed by atoms with Crippen LogP contribution in [0.3, 0.4) is 0 Å². The number of thiophene rings is 1. The monoisotopic (exact) mass is 304 g/mol. The van der Waals surface area contributed by atoms with E-state index in [0.29, 0.717) is 11.9 Å². The Bertz CT molecular complexity index is 537. The minimum Gasteiger partial charge on any atom is -0.338 e. The van der Waals surface area contributed by atoms with E-state index in [-0.39, 0.29) is 5.92 Å². The van der Waals surface area contributed by atoms with Crippen LogP contribution in [-0.2, 0) is 11.3 Å². The maximum absolute atomic E-state index is 12.7. The van der Waals surface area contributed by atoms with E-state index >= 15 is 0 Å². The molecular formula is C17H24N2OS. The third-order valence-corrected chi connectivity index (χ3v) is 6.36. The number of amides is 1. The summed E-state index contributed by atoms with van der Waals surface area (Å²) in [7, 11) is 0. The predicted octanol–water partition coefficient (Wildman–Crippen LogP) is 2.89. The fraction of sp³-hybridized carbons (Fsp3) is 0.706. The molecule has 0 spiro atoms. The molecule has 1 saturated carbocycles. The smallest absolute Gasteiger partial charge is 0.227 e. The molecule has 2 bridgehead atoms. The van der Waals surface area contributed by atoms with Gasteiger partial charge in [-0.2, -0.15) is 0 Å². The maximum atomic E-state index is 12.7. The number of hydrogen-bond acceptors (Lipinski definition) is 3. The van der Waals surface area contributed by atoms with Gasteiger partial charge in [0.2, 0.25) is 5.91 Å². The van der Waals surface area contributed by atoms with E-state index in [1.54, 1.807) is 0 Å². The highest BCUT2D eigenvalue weighted by Gasteiger charge is 2.42. The molecule has 0 unspecified atom stereocenters. The summed E-state index contributed by atoms with van der Waals surface area (Å²) in [5.74, 6) is 1.51. The van der Waals surface area contributed by atoms with Crippen molar-refractivity contribution in [3.63, 3.8) is 0 Å². The number of carbonyl (C=O) groups excluding carboxylic acids is 1. The van der Waals surface area contributed by atoms with Crippen molar-refractivity contribution in [3.05, 3.63) is 21.9 Å². The Balaban J connectivity index is 1.49. The standard InChI is InChI=1S/C17H24N2OS/c1-12-6-7-21-16(12)11-18-9-14-4-5-15(10-18)19(17(14)20)8-13-2-3-13/h6-7,13-15H,2-5,8-11H2,1H3/t14-,15+/m0/s1. The molecule has 5 rings (SSSR count). The molecule has 21 heavy (non-hydrogen) atoms. The number of nitrogens with zero attached hydrogens (tertiary/aromatic N) is 2. The van der Waals surface area contributed by atoms with Crippen molar-refractivity contribution in [3.8, 4) is 0 Å². The van der Waals surface area contributed by atoms with E-state index in [9.17, 15) is 4.79 Å². The van der Waals surface area contributed by atoms with Crippen LogP contribution in [0.15, 0.2) is 11.4 Å². The first kappa shape index (κ1) is 13.8. The maximum Gasteiger partial charge on any atom is 0.227 e. The minimum atomic E-state index is 0.253. The Morgan fingerprint density at radius 1 is 1.24 bits per heavy atom. The molecular weight excluding hydrogens is 280 g/mol. The van der Waals surface area contributed by atoms with Gasteiger partial charge in [-0.05, 0) is 55.5 Å². The van der Waals surface area contributed by atoms with Crippen molar-refractivity contribution in [1.82, 2.24) is 9.80 Å². The van der Waals surface area contributed by atoms with Crippen molar-refractivity contribution in [2.75, 3.05) is 19.6 Å². The van der Waals surface area contributed by atoms with E-state index in [0.717, 1.165) is 38.5 Å². The van der Waals surface area contributed by atoms with Crippen molar-refractivity contribution in [2.24, 2.45) is 11.8 Å². The summed E-state index contributed by atoms with van der Waals surface area (Å²) in [5, 5.41) is 2.18. The quantitative estimate of drug-likeness (QED) is 0.854. The summed E-state index contributed by atoms with van der Waals surface area (Å²) in [6, 6.07) is 2.67. The Hall–Kier alpha value is -0.870. The molecule has 3 nitrogen and oxygen atoms in total. The average molecular weight is 304 g/mol. The van der Waals surface area contributed by atoms with E-state index in [1.165, 1.54) is 29.7 Å². The fourth-order valence-electron chi connectivity index (χ4n) is 3.85. The van der Waals surface area contributed by atoms with Gasteiger partial charge in [-0.15, -0.1) is 11.3 Å². The average Bonchev–Trinajstić information content (AvgIpc) is 3.23. The second-order valence-electron chi connectivity index (χ2n) is 7.08. The zero-order valence-electron chi connectivity index (χ0n) is 12.8. The van der Waals surface area contributed by atoms with Gasteiger partial charge >= 0.3 is 0 Å². The topological polar surface area (TPSA) is 23.6 Å². The molecule has 4 heterocycles. The number of aryl methyl sites for hydroxylation is 1. The largest absolute Gasteiger partial charge is 0.338 e. The first-order valence-corrected chi connectivity index (χ1v) is 9.14. The Morgan fingerprint density at radius 2 is 2.10 bits per heavy atom. The minimum absolute atomic E-state index is 0.253. The number of carbonyl (C=O) groups is 1. The molecule has 4 aliphatic rings. The lowest BCUT2D eigenvalue weighted by Crippen LogP contribution is -2.48. The first-order chi connectivity index (χ1) is 10.2. The van der Waals surface area contributed by atoms with Gasteiger partial charge in [0.05, 0.1) is 5.92 Å². The van der Waals surface area contributed by atoms with Crippen LogP contribution in [0.5, 0.6) is 0 Å². The lowest BCUT2D eigenvalue weighted by atomic mass is 9.94. The number of hydrogen-bond donors (Lipinski definition) is 0. The lowest BCUT2D eigenvalue weighted by Gasteiger charge is -2.36. The van der Waals surface area contributed by atoms with Crippen LogP contribution in [0.2, 0.25) is 0 Å². The van der Waals surface area contributed by atoms with Gasteiger partial charge in [-0.25, -0.2) is 0 Å². The highest BCUT2D eigenvalue weighted by atomic mass is 32.1. The summed E-state index contributed by atoms with van der Waals surface area (Å²) < 4.78 is 0. The molecule has 1 amide bonds. The highest BCUT2D eigenvalue weighted by Crippen LogP contribution is 2.36. The summed E-state index contributed by atoms with van der Waals surface area (Å²) >= 11 is 1.85. The molecule has 2 atom stereocenters. The number of rotatable bonds is 4. The molecule has 4 heteroatoms. The van der Waals surface area contributed by atoms with E-state index < -0.39 is 0 Å². The van der Waals surface area contributed by atoms with Crippen LogP contribution < -0.4 is 0 Å². The molecule has 1 aliphatic carbocycles. The highest BCUT2D eigenvalue weighted by molar-refractivity contribution is 7.10. The number of fused-ring (bicyclic) bond motifs is 4. The van der Waals surface area contributed by atoms with Gasteiger partial charge in [0.1, 0.15) is 0 Å². The molecule has 4 fully saturated rings. The van der Waals surface area contributed by atoms with Gasteiger partial charge in [-0.1, -0.05) is 0 Å². The Kier molecular flexibility index (Phi) is 3.54. The van der Waals surface area contributed by atoms with E-state index in [4.69, 9.17) is 0 Å². The number of piperidine rings is 1. The summed E-state index contributed by atoms with van der Waals surface area (Å²) in [4.78, 5) is 18.9. The molecule has 3 saturated heterocycles. The van der Waals surface area contributed by atoms with Crippen molar-refractivity contribution >= 4 is 17.2 Å². The van der Waals surface area contributed by atoms with Crippen LogP contribution >= 0.6 is 11.3 Å². The van der Waals surface area contributed by atoms with E-state index in [2.05, 4.69) is 28.2 Å². The van der Waals surface area contributed by atoms with Crippen LogP contribution in [0.4, 0.5) is 0 Å². The van der Waals surface area contributed by atoms with Crippen LogP contribution in [0, 0.1) is 18.8 Å². The van der Waals surface area contributed by atoms with Crippen LogP contribution in [-0.4, -0.2) is 41.4 Å². The first-order valence-electron chi connectivity index (χ1n) is 8.26. The second kappa shape index (κ2) is 5.40. The van der Waals surface area contributed by atoms with Crippen LogP contribution in [0.1, 0.15) is 36.1 Å². The predicted molar refractivity (Wildman–Crippen MR) is 85.3 cm³/mol. The Labute approximate surface area is 130 Å². The third-order valence-electron chi connectivity index (χ3n) is 5.36. The second-order valence-corrected chi connectivity index (χ2v) is 8.08. The third kappa shape index (κ3) is 2.76. The zero-order valence-corrected chi connectivity index (χ0v) is 13.6. The molecule has 0 radical (unpaired) electrons.